The zero-order valence-corrected chi connectivity index (χ0v) is 12.9. The minimum Gasteiger partial charge on any atom is -0.495 e. The molecule has 21 heavy (non-hydrogen) atoms. The van der Waals surface area contributed by atoms with E-state index in [2.05, 4.69) is 10.6 Å². The van der Waals surface area contributed by atoms with E-state index in [0.29, 0.717) is 16.5 Å². The van der Waals surface area contributed by atoms with Gasteiger partial charge in [0.1, 0.15) is 5.75 Å². The number of hydrogen-bond donors (Lipinski definition) is 3. The standard InChI is InChI=1S/C14H19ClN2O4/c1-8(2)10(13(18)19)7-16-14(20)17-9-4-5-12(21-3)11(15)6-9/h4-6,8,10H,7H2,1-3H3,(H,18,19)(H2,16,17,20). The molecule has 1 aromatic carbocycles. The molecule has 2 amide bonds. The Labute approximate surface area is 128 Å². The Morgan fingerprint density at radius 3 is 2.52 bits per heavy atom. The SMILES string of the molecule is COc1ccc(NC(=O)NCC(C(=O)O)C(C)C)cc1Cl. The molecule has 1 atom stereocenters. The maximum absolute atomic E-state index is 11.7. The van der Waals surface area contributed by atoms with E-state index in [4.69, 9.17) is 21.4 Å². The first-order chi connectivity index (χ1) is 9.85. The molecule has 3 N–H and O–H groups in total. The lowest BCUT2D eigenvalue weighted by molar-refractivity contribution is -0.142. The van der Waals surface area contributed by atoms with Crippen LogP contribution in [0.1, 0.15) is 13.8 Å². The van der Waals surface area contributed by atoms with Gasteiger partial charge < -0.3 is 20.5 Å². The summed E-state index contributed by atoms with van der Waals surface area (Å²) in [5, 5.41) is 14.5. The van der Waals surface area contributed by atoms with Crippen LogP contribution < -0.4 is 15.4 Å². The van der Waals surface area contributed by atoms with Crippen molar-refractivity contribution in [3.8, 4) is 5.75 Å². The van der Waals surface area contributed by atoms with Gasteiger partial charge in [0.15, 0.2) is 0 Å². The van der Waals surface area contributed by atoms with Crippen LogP contribution in [0.4, 0.5) is 10.5 Å². The fourth-order valence-electron chi connectivity index (χ4n) is 1.73. The minimum atomic E-state index is -0.933. The van der Waals surface area contributed by atoms with E-state index in [1.54, 1.807) is 32.0 Å². The summed E-state index contributed by atoms with van der Waals surface area (Å²) < 4.78 is 5.01. The van der Waals surface area contributed by atoms with Crippen LogP contribution in [-0.2, 0) is 4.79 Å². The molecule has 0 bridgehead atoms. The van der Waals surface area contributed by atoms with E-state index in [1.807, 2.05) is 0 Å². The van der Waals surface area contributed by atoms with Gasteiger partial charge in [-0.2, -0.15) is 0 Å². The number of methoxy groups -OCH3 is 1. The molecule has 0 aliphatic carbocycles. The van der Waals surface area contributed by atoms with Crippen molar-refractivity contribution in [2.45, 2.75) is 13.8 Å². The summed E-state index contributed by atoms with van der Waals surface area (Å²) in [4.78, 5) is 22.8. The topological polar surface area (TPSA) is 87.7 Å². The fourth-order valence-corrected chi connectivity index (χ4v) is 1.99. The first-order valence-electron chi connectivity index (χ1n) is 6.46. The molecule has 0 aliphatic heterocycles. The molecule has 0 heterocycles. The Bertz CT molecular complexity index is 520. The van der Waals surface area contributed by atoms with Crippen molar-refractivity contribution in [3.63, 3.8) is 0 Å². The van der Waals surface area contributed by atoms with Gasteiger partial charge in [-0.1, -0.05) is 25.4 Å². The van der Waals surface area contributed by atoms with Gasteiger partial charge in [0.25, 0.3) is 0 Å². The predicted molar refractivity (Wildman–Crippen MR) is 81.0 cm³/mol. The molecular formula is C14H19ClN2O4. The van der Waals surface area contributed by atoms with E-state index in [1.165, 1.54) is 7.11 Å². The maximum atomic E-state index is 11.7. The van der Waals surface area contributed by atoms with Crippen LogP contribution in [0.3, 0.4) is 0 Å². The normalized spacial score (nSPS) is 11.9. The Morgan fingerprint density at radius 2 is 2.05 bits per heavy atom. The Morgan fingerprint density at radius 1 is 1.38 bits per heavy atom. The summed E-state index contributed by atoms with van der Waals surface area (Å²) in [5.74, 6) is -1.13. The summed E-state index contributed by atoms with van der Waals surface area (Å²) in [6.07, 6.45) is 0. The zero-order valence-electron chi connectivity index (χ0n) is 12.1. The molecule has 1 rings (SSSR count). The zero-order chi connectivity index (χ0) is 16.0. The molecule has 1 unspecified atom stereocenters. The van der Waals surface area contributed by atoms with Crippen molar-refractivity contribution in [1.29, 1.82) is 0 Å². The Balaban J connectivity index is 2.58. The van der Waals surface area contributed by atoms with Crippen LogP contribution in [0.25, 0.3) is 0 Å². The number of carboxylic acid groups (broad SMARTS) is 1. The second-order valence-electron chi connectivity index (χ2n) is 4.87. The second-order valence-corrected chi connectivity index (χ2v) is 5.28. The molecule has 6 nitrogen and oxygen atoms in total. The van der Waals surface area contributed by atoms with Crippen molar-refractivity contribution < 1.29 is 19.4 Å². The van der Waals surface area contributed by atoms with Crippen LogP contribution in [0.5, 0.6) is 5.75 Å². The van der Waals surface area contributed by atoms with Gasteiger partial charge in [-0.15, -0.1) is 0 Å². The van der Waals surface area contributed by atoms with E-state index < -0.39 is 17.9 Å². The number of rotatable bonds is 6. The maximum Gasteiger partial charge on any atom is 0.319 e. The number of carboxylic acids is 1. The summed E-state index contributed by atoms with van der Waals surface area (Å²) in [6, 6.07) is 4.34. The number of ether oxygens (including phenoxy) is 1. The largest absolute Gasteiger partial charge is 0.495 e. The van der Waals surface area contributed by atoms with Crippen molar-refractivity contribution in [2.24, 2.45) is 11.8 Å². The van der Waals surface area contributed by atoms with Gasteiger partial charge >= 0.3 is 12.0 Å². The molecule has 0 aromatic heterocycles. The number of hydrogen-bond acceptors (Lipinski definition) is 3. The van der Waals surface area contributed by atoms with Crippen molar-refractivity contribution in [1.82, 2.24) is 5.32 Å². The van der Waals surface area contributed by atoms with Gasteiger partial charge in [-0.25, -0.2) is 4.79 Å². The molecule has 0 saturated carbocycles. The lowest BCUT2D eigenvalue weighted by Gasteiger charge is -2.17. The summed E-state index contributed by atoms with van der Waals surface area (Å²) >= 11 is 5.95. The van der Waals surface area contributed by atoms with Crippen LogP contribution in [0.2, 0.25) is 5.02 Å². The molecule has 0 fully saturated rings. The van der Waals surface area contributed by atoms with Crippen LogP contribution in [0, 0.1) is 11.8 Å². The third kappa shape index (κ3) is 5.15. The average molecular weight is 315 g/mol. The summed E-state index contributed by atoms with van der Waals surface area (Å²) in [6.45, 7) is 3.64. The molecule has 0 aliphatic rings. The number of anilines is 1. The predicted octanol–water partition coefficient (Wildman–Crippen LogP) is 2.83. The summed E-state index contributed by atoms with van der Waals surface area (Å²) in [5.41, 5.74) is 0.495. The molecule has 0 saturated heterocycles. The second kappa shape index (κ2) is 7.73. The number of aliphatic carboxylic acids is 1. The van der Waals surface area contributed by atoms with Crippen molar-refractivity contribution >= 4 is 29.3 Å². The van der Waals surface area contributed by atoms with E-state index >= 15 is 0 Å². The number of urea groups is 1. The van der Waals surface area contributed by atoms with Gasteiger partial charge in [-0.3, -0.25) is 4.79 Å². The molecule has 1 aromatic rings. The molecule has 7 heteroatoms. The highest BCUT2D eigenvalue weighted by atomic mass is 35.5. The lowest BCUT2D eigenvalue weighted by Crippen LogP contribution is -2.37. The van der Waals surface area contributed by atoms with Crippen LogP contribution in [0.15, 0.2) is 18.2 Å². The third-order valence-corrected chi connectivity index (χ3v) is 3.31. The first-order valence-corrected chi connectivity index (χ1v) is 6.84. The molecular weight excluding hydrogens is 296 g/mol. The Kier molecular flexibility index (Phi) is 6.30. The minimum absolute atomic E-state index is 0.0583. The quantitative estimate of drug-likeness (QED) is 0.753. The average Bonchev–Trinajstić information content (AvgIpc) is 2.38. The van der Waals surface area contributed by atoms with Gasteiger partial charge in [0.2, 0.25) is 0 Å². The lowest BCUT2D eigenvalue weighted by atomic mass is 9.96. The number of nitrogens with one attached hydrogen (secondary N) is 2. The highest BCUT2D eigenvalue weighted by Gasteiger charge is 2.21. The van der Waals surface area contributed by atoms with Crippen LogP contribution >= 0.6 is 11.6 Å². The molecule has 116 valence electrons. The van der Waals surface area contributed by atoms with Crippen molar-refractivity contribution in [3.05, 3.63) is 23.2 Å². The highest BCUT2D eigenvalue weighted by molar-refractivity contribution is 6.32. The van der Waals surface area contributed by atoms with E-state index in [-0.39, 0.29) is 12.5 Å². The van der Waals surface area contributed by atoms with Gasteiger partial charge in [-0.05, 0) is 24.1 Å². The number of carbonyl (C=O) groups is 2. The monoisotopic (exact) mass is 314 g/mol. The van der Waals surface area contributed by atoms with Crippen LogP contribution in [-0.4, -0.2) is 30.8 Å². The Hall–Kier alpha value is -1.95. The van der Waals surface area contributed by atoms with Gasteiger partial charge in [0.05, 0.1) is 18.1 Å². The smallest absolute Gasteiger partial charge is 0.319 e. The molecule has 0 spiro atoms. The highest BCUT2D eigenvalue weighted by Crippen LogP contribution is 2.27. The number of amides is 2. The third-order valence-electron chi connectivity index (χ3n) is 3.01. The number of halogens is 1. The van der Waals surface area contributed by atoms with E-state index in [0.717, 1.165) is 0 Å². The van der Waals surface area contributed by atoms with Gasteiger partial charge in [0, 0.05) is 12.2 Å². The first kappa shape index (κ1) is 17.1. The molecule has 0 radical (unpaired) electrons. The fraction of sp³-hybridized carbons (Fsp3) is 0.429. The van der Waals surface area contributed by atoms with Crippen molar-refractivity contribution in [2.75, 3.05) is 19.0 Å². The van der Waals surface area contributed by atoms with E-state index in [9.17, 15) is 9.59 Å². The summed E-state index contributed by atoms with van der Waals surface area (Å²) in [7, 11) is 1.50. The number of carbonyl (C=O) groups excluding carboxylic acids is 1. The number of benzene rings is 1.